The zero-order valence-electron chi connectivity index (χ0n) is 9.29. The molecule has 0 unspecified atom stereocenters. The van der Waals surface area contributed by atoms with Crippen LogP contribution in [0, 0.1) is 6.92 Å². The van der Waals surface area contributed by atoms with E-state index in [1.807, 2.05) is 37.1 Å². The van der Waals surface area contributed by atoms with Gasteiger partial charge in [0.05, 0.1) is 4.88 Å². The number of carbonyl (C=O) groups excluding carboxylic acids is 1. The molecule has 1 heterocycles. The van der Waals surface area contributed by atoms with E-state index in [2.05, 4.69) is 15.9 Å². The zero-order chi connectivity index (χ0) is 11.4. The van der Waals surface area contributed by atoms with E-state index in [0.717, 1.165) is 22.3 Å². The largest absolute Gasteiger partial charge is 0.335 e. The number of halogens is 1. The molecular weight excluding hydrogens is 274 g/mol. The van der Waals surface area contributed by atoms with Crippen LogP contribution in [0.4, 0.5) is 0 Å². The summed E-state index contributed by atoms with van der Waals surface area (Å²) in [4.78, 5) is 14.9. The first kappa shape index (κ1) is 12.7. The first-order valence-corrected chi connectivity index (χ1v) is 6.99. The van der Waals surface area contributed by atoms with Crippen LogP contribution in [-0.2, 0) is 0 Å². The Balaban J connectivity index is 2.86. The molecule has 15 heavy (non-hydrogen) atoms. The van der Waals surface area contributed by atoms with Gasteiger partial charge in [0.25, 0.3) is 5.91 Å². The molecule has 2 nitrogen and oxygen atoms in total. The van der Waals surface area contributed by atoms with E-state index in [0.29, 0.717) is 0 Å². The van der Waals surface area contributed by atoms with Crippen molar-refractivity contribution in [3.8, 4) is 0 Å². The van der Waals surface area contributed by atoms with Crippen LogP contribution in [0.2, 0.25) is 0 Å². The number of rotatable bonds is 4. The number of alkyl halides is 1. The standard InChI is InChI=1S/C11H16BrNOS/c1-8(2)13(6-5-12)11(14)10-9(3)4-7-15-10/h4,7-8H,5-6H2,1-3H3. The van der Waals surface area contributed by atoms with E-state index in [9.17, 15) is 4.79 Å². The van der Waals surface area contributed by atoms with Crippen molar-refractivity contribution in [3.63, 3.8) is 0 Å². The molecule has 0 aliphatic rings. The highest BCUT2D eigenvalue weighted by atomic mass is 79.9. The Labute approximate surface area is 103 Å². The first-order valence-electron chi connectivity index (χ1n) is 4.99. The molecule has 1 amide bonds. The second-order valence-electron chi connectivity index (χ2n) is 3.71. The second-order valence-corrected chi connectivity index (χ2v) is 5.42. The second kappa shape index (κ2) is 5.66. The monoisotopic (exact) mass is 289 g/mol. The van der Waals surface area contributed by atoms with Crippen LogP contribution in [0.25, 0.3) is 0 Å². The summed E-state index contributed by atoms with van der Waals surface area (Å²) in [5.41, 5.74) is 1.07. The fourth-order valence-corrected chi connectivity index (χ4v) is 2.67. The number of aryl methyl sites for hydroxylation is 1. The minimum absolute atomic E-state index is 0.150. The molecule has 0 saturated heterocycles. The van der Waals surface area contributed by atoms with Crippen LogP contribution >= 0.6 is 27.3 Å². The summed E-state index contributed by atoms with van der Waals surface area (Å²) in [5, 5.41) is 2.79. The molecule has 0 atom stereocenters. The van der Waals surface area contributed by atoms with Crippen LogP contribution < -0.4 is 0 Å². The Bertz CT molecular complexity index is 335. The minimum atomic E-state index is 0.150. The Hall–Kier alpha value is -0.350. The normalized spacial score (nSPS) is 10.7. The van der Waals surface area contributed by atoms with Gasteiger partial charge in [-0.3, -0.25) is 4.79 Å². The third kappa shape index (κ3) is 3.05. The summed E-state index contributed by atoms with van der Waals surface area (Å²) >= 11 is 4.90. The zero-order valence-corrected chi connectivity index (χ0v) is 11.7. The summed E-state index contributed by atoms with van der Waals surface area (Å²) in [7, 11) is 0. The number of nitrogens with zero attached hydrogens (tertiary/aromatic N) is 1. The molecule has 0 N–H and O–H groups in total. The Morgan fingerprint density at radius 3 is 2.67 bits per heavy atom. The molecule has 1 aromatic rings. The van der Waals surface area contributed by atoms with Crippen molar-refractivity contribution in [1.29, 1.82) is 0 Å². The van der Waals surface area contributed by atoms with Crippen molar-refractivity contribution in [3.05, 3.63) is 21.9 Å². The van der Waals surface area contributed by atoms with Crippen LogP contribution in [0.3, 0.4) is 0 Å². The fraction of sp³-hybridized carbons (Fsp3) is 0.545. The number of hydrogen-bond donors (Lipinski definition) is 0. The van der Waals surface area contributed by atoms with Crippen LogP contribution in [0.5, 0.6) is 0 Å². The highest BCUT2D eigenvalue weighted by Crippen LogP contribution is 2.19. The molecule has 0 saturated carbocycles. The van der Waals surface area contributed by atoms with Gasteiger partial charge in [-0.05, 0) is 37.8 Å². The van der Waals surface area contributed by atoms with Crippen molar-refractivity contribution < 1.29 is 4.79 Å². The molecule has 1 rings (SSSR count). The van der Waals surface area contributed by atoms with E-state index in [1.165, 1.54) is 11.3 Å². The van der Waals surface area contributed by atoms with Crippen LogP contribution in [0.15, 0.2) is 11.4 Å². The predicted octanol–water partition coefficient (Wildman–Crippen LogP) is 3.30. The highest BCUT2D eigenvalue weighted by Gasteiger charge is 2.20. The van der Waals surface area contributed by atoms with E-state index < -0.39 is 0 Å². The lowest BCUT2D eigenvalue weighted by Crippen LogP contribution is -2.38. The van der Waals surface area contributed by atoms with E-state index in [4.69, 9.17) is 0 Å². The van der Waals surface area contributed by atoms with Crippen molar-refractivity contribution in [2.75, 3.05) is 11.9 Å². The van der Waals surface area contributed by atoms with Gasteiger partial charge in [0.15, 0.2) is 0 Å². The molecule has 0 spiro atoms. The molecule has 0 radical (unpaired) electrons. The molecule has 4 heteroatoms. The van der Waals surface area contributed by atoms with Crippen LogP contribution in [-0.4, -0.2) is 28.7 Å². The van der Waals surface area contributed by atoms with Gasteiger partial charge in [-0.1, -0.05) is 15.9 Å². The average Bonchev–Trinajstić information content (AvgIpc) is 2.59. The van der Waals surface area contributed by atoms with E-state index in [-0.39, 0.29) is 11.9 Å². The maximum absolute atomic E-state index is 12.2. The van der Waals surface area contributed by atoms with Gasteiger partial charge < -0.3 is 4.90 Å². The molecule has 0 aromatic carbocycles. The van der Waals surface area contributed by atoms with Crippen molar-refractivity contribution in [2.45, 2.75) is 26.8 Å². The molecule has 0 aliphatic heterocycles. The van der Waals surface area contributed by atoms with Gasteiger partial charge in [0.1, 0.15) is 0 Å². The van der Waals surface area contributed by atoms with Gasteiger partial charge in [-0.25, -0.2) is 0 Å². The third-order valence-corrected chi connectivity index (χ3v) is 3.63. The Kier molecular flexibility index (Phi) is 4.80. The maximum Gasteiger partial charge on any atom is 0.264 e. The highest BCUT2D eigenvalue weighted by molar-refractivity contribution is 9.09. The summed E-state index contributed by atoms with van der Waals surface area (Å²) in [5.74, 6) is 0.150. The van der Waals surface area contributed by atoms with Gasteiger partial charge in [-0.2, -0.15) is 0 Å². The molecule has 0 bridgehead atoms. The van der Waals surface area contributed by atoms with Gasteiger partial charge in [-0.15, -0.1) is 11.3 Å². The number of amides is 1. The topological polar surface area (TPSA) is 20.3 Å². The fourth-order valence-electron chi connectivity index (χ4n) is 1.41. The Morgan fingerprint density at radius 2 is 2.27 bits per heavy atom. The molecular formula is C11H16BrNOS. The number of hydrogen-bond acceptors (Lipinski definition) is 2. The van der Waals surface area contributed by atoms with Crippen molar-refractivity contribution in [1.82, 2.24) is 4.90 Å². The predicted molar refractivity (Wildman–Crippen MR) is 69.0 cm³/mol. The molecule has 84 valence electrons. The minimum Gasteiger partial charge on any atom is -0.335 e. The maximum atomic E-state index is 12.2. The van der Waals surface area contributed by atoms with Gasteiger partial charge >= 0.3 is 0 Å². The number of carbonyl (C=O) groups is 1. The van der Waals surface area contributed by atoms with E-state index >= 15 is 0 Å². The molecule has 0 fully saturated rings. The SMILES string of the molecule is Cc1ccsc1C(=O)N(CCBr)C(C)C. The van der Waals surface area contributed by atoms with Gasteiger partial charge in [0.2, 0.25) is 0 Å². The summed E-state index contributed by atoms with van der Waals surface area (Å²) in [6, 6.07) is 2.24. The number of thiophene rings is 1. The van der Waals surface area contributed by atoms with Gasteiger partial charge in [0, 0.05) is 17.9 Å². The van der Waals surface area contributed by atoms with Crippen LogP contribution in [0.1, 0.15) is 29.1 Å². The summed E-state index contributed by atoms with van der Waals surface area (Å²) in [6.07, 6.45) is 0. The lowest BCUT2D eigenvalue weighted by atomic mass is 10.2. The quantitative estimate of drug-likeness (QED) is 0.779. The lowest BCUT2D eigenvalue weighted by molar-refractivity contribution is 0.0724. The molecule has 1 aromatic heterocycles. The summed E-state index contributed by atoms with van der Waals surface area (Å²) in [6.45, 7) is 6.83. The van der Waals surface area contributed by atoms with Crippen molar-refractivity contribution in [2.24, 2.45) is 0 Å². The third-order valence-electron chi connectivity index (χ3n) is 2.27. The lowest BCUT2D eigenvalue weighted by Gasteiger charge is -2.25. The first-order chi connectivity index (χ1) is 7.07. The van der Waals surface area contributed by atoms with E-state index in [1.54, 1.807) is 0 Å². The Morgan fingerprint density at radius 1 is 1.60 bits per heavy atom. The average molecular weight is 290 g/mol. The smallest absolute Gasteiger partial charge is 0.264 e. The molecule has 0 aliphatic carbocycles. The summed E-state index contributed by atoms with van der Waals surface area (Å²) < 4.78 is 0. The van der Waals surface area contributed by atoms with Crippen molar-refractivity contribution >= 4 is 33.2 Å².